The van der Waals surface area contributed by atoms with Crippen molar-refractivity contribution in [3.05, 3.63) is 45.9 Å². The molecule has 2 heterocycles. The first-order valence-corrected chi connectivity index (χ1v) is 9.92. The molecule has 122 valence electrons. The van der Waals surface area contributed by atoms with Crippen LogP contribution in [0.1, 0.15) is 40.8 Å². The number of amides is 1. The fourth-order valence-corrected chi connectivity index (χ4v) is 4.43. The lowest BCUT2D eigenvalue weighted by Gasteiger charge is -2.30. The molecule has 1 aromatic heterocycles. The van der Waals surface area contributed by atoms with Crippen molar-refractivity contribution in [2.24, 2.45) is 5.92 Å². The van der Waals surface area contributed by atoms with Crippen molar-refractivity contribution in [2.45, 2.75) is 37.3 Å². The molecular formula is C18H22N2OS2. The maximum absolute atomic E-state index is 12.8. The molecule has 2 aromatic rings. The summed E-state index contributed by atoms with van der Waals surface area (Å²) < 4.78 is 0. The average molecular weight is 347 g/mol. The minimum Gasteiger partial charge on any atom is -0.339 e. The topological polar surface area (TPSA) is 33.2 Å². The van der Waals surface area contributed by atoms with Crippen LogP contribution in [0.4, 0.5) is 0 Å². The highest BCUT2D eigenvalue weighted by atomic mass is 32.2. The summed E-state index contributed by atoms with van der Waals surface area (Å²) in [6.07, 6.45) is 2.22. The molecule has 1 aliphatic heterocycles. The van der Waals surface area contributed by atoms with E-state index in [1.165, 1.54) is 0 Å². The van der Waals surface area contributed by atoms with Crippen molar-refractivity contribution >= 4 is 29.0 Å². The van der Waals surface area contributed by atoms with E-state index in [-0.39, 0.29) is 5.91 Å². The maximum Gasteiger partial charge on any atom is 0.254 e. The number of carbonyl (C=O) groups excluding carboxylic acids is 1. The normalized spacial score (nSPS) is 15.8. The number of hydrogen-bond donors (Lipinski definition) is 0. The number of thiazole rings is 1. The third-order valence-electron chi connectivity index (χ3n) is 4.23. The Morgan fingerprint density at radius 1 is 1.35 bits per heavy atom. The van der Waals surface area contributed by atoms with Gasteiger partial charge in [-0.05, 0) is 37.8 Å². The third-order valence-corrected chi connectivity index (χ3v) is 6.16. The molecule has 1 amide bonds. The lowest BCUT2D eigenvalue weighted by atomic mass is 9.98. The Balaban J connectivity index is 1.71. The van der Waals surface area contributed by atoms with Crippen LogP contribution >= 0.6 is 23.1 Å². The number of carbonyl (C=O) groups is 1. The molecular weight excluding hydrogens is 324 g/mol. The zero-order valence-corrected chi connectivity index (χ0v) is 15.3. The van der Waals surface area contributed by atoms with E-state index >= 15 is 0 Å². The standard InChI is InChI=1S/C18H22N2OS2/c1-13-7-9-20(10-8-13)18(21)16-5-3-4-6-17(16)23-12-15-11-22-14(2)19-15/h3-6,11,13H,7-10,12H2,1-2H3. The molecule has 0 bridgehead atoms. The van der Waals surface area contributed by atoms with Crippen LogP contribution < -0.4 is 0 Å². The van der Waals surface area contributed by atoms with E-state index in [0.717, 1.165) is 58.8 Å². The monoisotopic (exact) mass is 346 g/mol. The Morgan fingerprint density at radius 2 is 2.09 bits per heavy atom. The Hall–Kier alpha value is -1.33. The number of hydrogen-bond acceptors (Lipinski definition) is 4. The summed E-state index contributed by atoms with van der Waals surface area (Å²) in [5, 5.41) is 3.19. The summed E-state index contributed by atoms with van der Waals surface area (Å²) in [5.41, 5.74) is 1.92. The molecule has 1 saturated heterocycles. The van der Waals surface area contributed by atoms with Crippen molar-refractivity contribution in [2.75, 3.05) is 13.1 Å². The van der Waals surface area contributed by atoms with Gasteiger partial charge in [-0.1, -0.05) is 19.1 Å². The van der Waals surface area contributed by atoms with Gasteiger partial charge in [0.05, 0.1) is 16.3 Å². The average Bonchev–Trinajstić information content (AvgIpc) is 2.99. The van der Waals surface area contributed by atoms with Gasteiger partial charge in [0.25, 0.3) is 5.91 Å². The molecule has 0 aliphatic carbocycles. The fourth-order valence-electron chi connectivity index (χ4n) is 2.78. The summed E-state index contributed by atoms with van der Waals surface area (Å²) in [7, 11) is 0. The van der Waals surface area contributed by atoms with Gasteiger partial charge in [-0.15, -0.1) is 23.1 Å². The Kier molecular flexibility index (Phi) is 5.38. The third kappa shape index (κ3) is 4.15. The minimum absolute atomic E-state index is 0.175. The SMILES string of the molecule is Cc1nc(CSc2ccccc2C(=O)N2CCC(C)CC2)cs1. The van der Waals surface area contributed by atoms with Crippen molar-refractivity contribution in [1.29, 1.82) is 0 Å². The fraction of sp³-hybridized carbons (Fsp3) is 0.444. The number of aromatic nitrogens is 1. The highest BCUT2D eigenvalue weighted by Gasteiger charge is 2.23. The molecule has 0 unspecified atom stereocenters. The van der Waals surface area contributed by atoms with Gasteiger partial charge in [0.1, 0.15) is 0 Å². The van der Waals surface area contributed by atoms with Gasteiger partial charge in [-0.2, -0.15) is 0 Å². The number of likely N-dealkylation sites (tertiary alicyclic amines) is 1. The van der Waals surface area contributed by atoms with Crippen LogP contribution in [-0.4, -0.2) is 28.9 Å². The quantitative estimate of drug-likeness (QED) is 0.758. The van der Waals surface area contributed by atoms with Crippen molar-refractivity contribution < 1.29 is 4.79 Å². The van der Waals surface area contributed by atoms with Crippen LogP contribution in [0.3, 0.4) is 0 Å². The van der Waals surface area contributed by atoms with E-state index in [1.54, 1.807) is 23.1 Å². The number of nitrogens with zero attached hydrogens (tertiary/aromatic N) is 2. The van der Waals surface area contributed by atoms with E-state index in [2.05, 4.69) is 17.3 Å². The first kappa shape index (κ1) is 16.5. The number of benzene rings is 1. The summed E-state index contributed by atoms with van der Waals surface area (Å²) in [5.74, 6) is 1.72. The molecule has 1 aliphatic rings. The summed E-state index contributed by atoms with van der Waals surface area (Å²) in [4.78, 5) is 20.4. The first-order chi connectivity index (χ1) is 11.1. The second kappa shape index (κ2) is 7.49. The lowest BCUT2D eigenvalue weighted by molar-refractivity contribution is 0.0693. The van der Waals surface area contributed by atoms with Crippen molar-refractivity contribution in [3.63, 3.8) is 0 Å². The van der Waals surface area contributed by atoms with Gasteiger partial charge in [-0.25, -0.2) is 4.98 Å². The van der Waals surface area contributed by atoms with Crippen molar-refractivity contribution in [1.82, 2.24) is 9.88 Å². The second-order valence-corrected chi connectivity index (χ2v) is 8.20. The molecule has 3 rings (SSSR count). The predicted octanol–water partition coefficient (Wildman–Crippen LogP) is 4.62. The van der Waals surface area contributed by atoms with Gasteiger partial charge in [0.2, 0.25) is 0 Å². The molecule has 1 fully saturated rings. The van der Waals surface area contributed by atoms with Gasteiger partial charge in [0, 0.05) is 29.1 Å². The van der Waals surface area contributed by atoms with Crippen LogP contribution in [0.5, 0.6) is 0 Å². The highest BCUT2D eigenvalue weighted by molar-refractivity contribution is 7.98. The first-order valence-electron chi connectivity index (χ1n) is 8.05. The van der Waals surface area contributed by atoms with E-state index in [0.29, 0.717) is 0 Å². The zero-order valence-electron chi connectivity index (χ0n) is 13.6. The van der Waals surface area contributed by atoms with E-state index in [9.17, 15) is 4.79 Å². The van der Waals surface area contributed by atoms with E-state index < -0.39 is 0 Å². The number of rotatable bonds is 4. The molecule has 0 atom stereocenters. The maximum atomic E-state index is 12.8. The molecule has 0 spiro atoms. The van der Waals surface area contributed by atoms with Gasteiger partial charge >= 0.3 is 0 Å². The summed E-state index contributed by atoms with van der Waals surface area (Å²) in [6.45, 7) is 6.05. The van der Waals surface area contributed by atoms with Crippen molar-refractivity contribution in [3.8, 4) is 0 Å². The zero-order chi connectivity index (χ0) is 16.2. The molecule has 0 saturated carbocycles. The highest BCUT2D eigenvalue weighted by Crippen LogP contribution is 2.28. The predicted molar refractivity (Wildman–Crippen MR) is 97.2 cm³/mol. The molecule has 5 heteroatoms. The molecule has 0 radical (unpaired) electrons. The number of piperidine rings is 1. The minimum atomic E-state index is 0.175. The molecule has 23 heavy (non-hydrogen) atoms. The Labute approximate surface area is 146 Å². The Bertz CT molecular complexity index is 675. The van der Waals surface area contributed by atoms with E-state index in [4.69, 9.17) is 0 Å². The number of thioether (sulfide) groups is 1. The van der Waals surface area contributed by atoms with Gasteiger partial charge < -0.3 is 4.90 Å². The van der Waals surface area contributed by atoms with Crippen LogP contribution in [0.15, 0.2) is 34.5 Å². The molecule has 3 nitrogen and oxygen atoms in total. The second-order valence-electron chi connectivity index (χ2n) is 6.12. The number of aryl methyl sites for hydroxylation is 1. The largest absolute Gasteiger partial charge is 0.339 e. The van der Waals surface area contributed by atoms with Crippen LogP contribution in [0, 0.1) is 12.8 Å². The lowest BCUT2D eigenvalue weighted by Crippen LogP contribution is -2.38. The van der Waals surface area contributed by atoms with Crippen LogP contribution in [-0.2, 0) is 5.75 Å². The van der Waals surface area contributed by atoms with Crippen LogP contribution in [0.25, 0.3) is 0 Å². The Morgan fingerprint density at radius 3 is 2.78 bits per heavy atom. The van der Waals surface area contributed by atoms with Gasteiger partial charge in [-0.3, -0.25) is 4.79 Å². The molecule has 0 N–H and O–H groups in total. The summed E-state index contributed by atoms with van der Waals surface area (Å²) in [6, 6.07) is 7.96. The van der Waals surface area contributed by atoms with E-state index in [1.807, 2.05) is 36.1 Å². The van der Waals surface area contributed by atoms with Crippen LogP contribution in [0.2, 0.25) is 0 Å². The van der Waals surface area contributed by atoms with Gasteiger partial charge in [0.15, 0.2) is 0 Å². The molecule has 1 aromatic carbocycles. The summed E-state index contributed by atoms with van der Waals surface area (Å²) >= 11 is 3.38. The smallest absolute Gasteiger partial charge is 0.254 e.